The topological polar surface area (TPSA) is 29.5 Å². The van der Waals surface area contributed by atoms with Crippen LogP contribution in [0.2, 0.25) is 0 Å². The van der Waals surface area contributed by atoms with Crippen LogP contribution in [0.5, 0.6) is 11.5 Å². The van der Waals surface area contributed by atoms with Gasteiger partial charge in [0.1, 0.15) is 11.5 Å². The minimum absolute atomic E-state index is 0.232. The van der Waals surface area contributed by atoms with Gasteiger partial charge in [0, 0.05) is 0 Å². The number of hydrogen-bond acceptors (Lipinski definition) is 2. The van der Waals surface area contributed by atoms with Gasteiger partial charge >= 0.3 is 0 Å². The van der Waals surface area contributed by atoms with Crippen molar-refractivity contribution in [1.29, 1.82) is 0 Å². The highest BCUT2D eigenvalue weighted by Gasteiger charge is 2.19. The zero-order valence-corrected chi connectivity index (χ0v) is 12.3. The van der Waals surface area contributed by atoms with Crippen molar-refractivity contribution in [3.8, 4) is 11.5 Å². The van der Waals surface area contributed by atoms with Crippen molar-refractivity contribution in [1.82, 2.24) is 0 Å². The van der Waals surface area contributed by atoms with Gasteiger partial charge < -0.3 is 9.84 Å². The third kappa shape index (κ3) is 3.61. The molecule has 0 aliphatic carbocycles. The molecule has 0 spiro atoms. The second-order valence-corrected chi connectivity index (χ2v) is 5.53. The summed E-state index contributed by atoms with van der Waals surface area (Å²) in [6, 6.07) is 17.4. The second kappa shape index (κ2) is 6.58. The molecule has 0 saturated heterocycles. The number of aliphatic hydroxyl groups is 1. The van der Waals surface area contributed by atoms with E-state index in [1.54, 1.807) is 0 Å². The summed E-state index contributed by atoms with van der Waals surface area (Å²) < 4.78 is 5.74. The van der Waals surface area contributed by atoms with Crippen LogP contribution in [0.3, 0.4) is 0 Å². The lowest BCUT2D eigenvalue weighted by atomic mass is 9.88. The van der Waals surface area contributed by atoms with Crippen LogP contribution < -0.4 is 4.74 Å². The zero-order chi connectivity index (χ0) is 14.5. The van der Waals surface area contributed by atoms with Gasteiger partial charge in [0.05, 0.1) is 6.10 Å². The molecule has 106 valence electrons. The quantitative estimate of drug-likeness (QED) is 0.845. The van der Waals surface area contributed by atoms with Crippen molar-refractivity contribution in [3.05, 3.63) is 60.2 Å². The molecule has 2 nitrogen and oxygen atoms in total. The van der Waals surface area contributed by atoms with Gasteiger partial charge in [0.25, 0.3) is 0 Å². The SMILES string of the molecule is CC(C)C(C)C(O)c1ccc(Oc2ccccc2)cc1. The van der Waals surface area contributed by atoms with E-state index in [1.165, 1.54) is 0 Å². The van der Waals surface area contributed by atoms with E-state index in [1.807, 2.05) is 54.6 Å². The maximum absolute atomic E-state index is 10.3. The average molecular weight is 270 g/mol. The molecule has 0 aliphatic rings. The fourth-order valence-electron chi connectivity index (χ4n) is 2.03. The highest BCUT2D eigenvalue weighted by atomic mass is 16.5. The van der Waals surface area contributed by atoms with Crippen molar-refractivity contribution in [3.63, 3.8) is 0 Å². The van der Waals surface area contributed by atoms with Gasteiger partial charge in [-0.05, 0) is 41.7 Å². The van der Waals surface area contributed by atoms with E-state index in [2.05, 4.69) is 20.8 Å². The van der Waals surface area contributed by atoms with E-state index >= 15 is 0 Å². The Bertz CT molecular complexity index is 517. The van der Waals surface area contributed by atoms with Gasteiger partial charge in [-0.3, -0.25) is 0 Å². The van der Waals surface area contributed by atoms with Crippen LogP contribution in [0.25, 0.3) is 0 Å². The summed E-state index contributed by atoms with van der Waals surface area (Å²) in [5.41, 5.74) is 0.937. The molecule has 0 radical (unpaired) electrons. The Labute approximate surface area is 121 Å². The van der Waals surface area contributed by atoms with Crippen LogP contribution in [-0.4, -0.2) is 5.11 Å². The van der Waals surface area contributed by atoms with Crippen LogP contribution in [-0.2, 0) is 0 Å². The fraction of sp³-hybridized carbons (Fsp3) is 0.333. The largest absolute Gasteiger partial charge is 0.457 e. The maximum atomic E-state index is 10.3. The molecule has 0 fully saturated rings. The predicted molar refractivity (Wildman–Crippen MR) is 81.9 cm³/mol. The molecule has 0 amide bonds. The number of ether oxygens (including phenoxy) is 1. The minimum atomic E-state index is -0.430. The lowest BCUT2D eigenvalue weighted by molar-refractivity contribution is 0.0921. The molecule has 2 aromatic rings. The number of aliphatic hydroxyl groups excluding tert-OH is 1. The van der Waals surface area contributed by atoms with E-state index in [0.29, 0.717) is 5.92 Å². The van der Waals surface area contributed by atoms with E-state index in [9.17, 15) is 5.11 Å². The molecule has 20 heavy (non-hydrogen) atoms. The summed E-state index contributed by atoms with van der Waals surface area (Å²) in [7, 11) is 0. The molecular formula is C18H22O2. The van der Waals surface area contributed by atoms with E-state index < -0.39 is 6.10 Å². The molecule has 2 heteroatoms. The predicted octanol–water partition coefficient (Wildman–Crippen LogP) is 4.80. The standard InChI is InChI=1S/C18H22O2/c1-13(2)14(3)18(19)15-9-11-17(12-10-15)20-16-7-5-4-6-8-16/h4-14,18-19H,1-3H3. The monoisotopic (exact) mass is 270 g/mol. The molecule has 0 saturated carbocycles. The van der Waals surface area contributed by atoms with Gasteiger partial charge in [0.15, 0.2) is 0 Å². The number of hydrogen-bond donors (Lipinski definition) is 1. The maximum Gasteiger partial charge on any atom is 0.127 e. The molecule has 2 atom stereocenters. The second-order valence-electron chi connectivity index (χ2n) is 5.53. The average Bonchev–Trinajstić information content (AvgIpc) is 2.47. The Morgan fingerprint density at radius 2 is 1.35 bits per heavy atom. The van der Waals surface area contributed by atoms with Crippen LogP contribution in [0.4, 0.5) is 0 Å². The smallest absolute Gasteiger partial charge is 0.127 e. The molecule has 0 bridgehead atoms. The van der Waals surface area contributed by atoms with Crippen LogP contribution in [0, 0.1) is 11.8 Å². The van der Waals surface area contributed by atoms with Gasteiger partial charge in [-0.2, -0.15) is 0 Å². The lowest BCUT2D eigenvalue weighted by Crippen LogP contribution is -2.14. The summed E-state index contributed by atoms with van der Waals surface area (Å²) in [6.45, 7) is 6.32. The first kappa shape index (κ1) is 14.6. The molecule has 1 N–H and O–H groups in total. The van der Waals surface area contributed by atoms with Crippen LogP contribution >= 0.6 is 0 Å². The Balaban J connectivity index is 2.06. The first-order valence-corrected chi connectivity index (χ1v) is 7.09. The Morgan fingerprint density at radius 1 is 0.800 bits per heavy atom. The van der Waals surface area contributed by atoms with E-state index in [4.69, 9.17) is 4.74 Å². The third-order valence-electron chi connectivity index (χ3n) is 3.75. The number of rotatable bonds is 5. The molecule has 2 unspecified atom stereocenters. The van der Waals surface area contributed by atoms with Crippen LogP contribution in [0.15, 0.2) is 54.6 Å². The Kier molecular flexibility index (Phi) is 4.80. The summed E-state index contributed by atoms with van der Waals surface area (Å²) >= 11 is 0. The number of para-hydroxylation sites is 1. The summed E-state index contributed by atoms with van der Waals surface area (Å²) in [5.74, 6) is 2.28. The lowest BCUT2D eigenvalue weighted by Gasteiger charge is -2.22. The fourth-order valence-corrected chi connectivity index (χ4v) is 2.03. The molecule has 0 aromatic heterocycles. The van der Waals surface area contributed by atoms with Crippen molar-refractivity contribution >= 4 is 0 Å². The third-order valence-corrected chi connectivity index (χ3v) is 3.75. The molecule has 0 heterocycles. The van der Waals surface area contributed by atoms with Gasteiger partial charge in [-0.15, -0.1) is 0 Å². The molecular weight excluding hydrogens is 248 g/mol. The van der Waals surface area contributed by atoms with Crippen molar-refractivity contribution in [2.75, 3.05) is 0 Å². The highest BCUT2D eigenvalue weighted by molar-refractivity contribution is 5.33. The van der Waals surface area contributed by atoms with Gasteiger partial charge in [0.2, 0.25) is 0 Å². The van der Waals surface area contributed by atoms with E-state index in [0.717, 1.165) is 17.1 Å². The summed E-state index contributed by atoms with van der Waals surface area (Å²) in [4.78, 5) is 0. The highest BCUT2D eigenvalue weighted by Crippen LogP contribution is 2.29. The van der Waals surface area contributed by atoms with Crippen molar-refractivity contribution < 1.29 is 9.84 Å². The van der Waals surface area contributed by atoms with Gasteiger partial charge in [-0.25, -0.2) is 0 Å². The van der Waals surface area contributed by atoms with Crippen LogP contribution in [0.1, 0.15) is 32.4 Å². The Hall–Kier alpha value is -1.80. The normalized spacial score (nSPS) is 14.1. The van der Waals surface area contributed by atoms with Gasteiger partial charge in [-0.1, -0.05) is 51.1 Å². The molecule has 2 rings (SSSR count). The van der Waals surface area contributed by atoms with Crippen molar-refractivity contribution in [2.24, 2.45) is 11.8 Å². The summed E-state index contributed by atoms with van der Waals surface area (Å²) in [6.07, 6.45) is -0.430. The minimum Gasteiger partial charge on any atom is -0.457 e. The Morgan fingerprint density at radius 3 is 1.90 bits per heavy atom. The van der Waals surface area contributed by atoms with E-state index in [-0.39, 0.29) is 5.92 Å². The first-order chi connectivity index (χ1) is 9.58. The summed E-state index contributed by atoms with van der Waals surface area (Å²) in [5, 5.41) is 10.3. The molecule has 0 aliphatic heterocycles. The first-order valence-electron chi connectivity index (χ1n) is 7.09. The molecule has 2 aromatic carbocycles. The van der Waals surface area contributed by atoms with Crippen molar-refractivity contribution in [2.45, 2.75) is 26.9 Å². The zero-order valence-electron chi connectivity index (χ0n) is 12.3. The number of benzene rings is 2.